The van der Waals surface area contributed by atoms with Gasteiger partial charge in [-0.05, 0) is 25.0 Å². The summed E-state index contributed by atoms with van der Waals surface area (Å²) in [7, 11) is 3.81. The highest BCUT2D eigenvalue weighted by atomic mass is 16.3. The van der Waals surface area contributed by atoms with Crippen LogP contribution in [0.5, 0.6) is 0 Å². The highest BCUT2D eigenvalue weighted by Crippen LogP contribution is 2.18. The highest BCUT2D eigenvalue weighted by Gasteiger charge is 2.23. The maximum Gasteiger partial charge on any atom is 0.253 e. The zero-order valence-corrected chi connectivity index (χ0v) is 12.2. The van der Waals surface area contributed by atoms with Gasteiger partial charge in [-0.3, -0.25) is 4.79 Å². The Labute approximate surface area is 120 Å². The Balaban J connectivity index is 1.99. The molecule has 2 atom stereocenters. The number of nitrogens with zero attached hydrogens (tertiary/aromatic N) is 2. The maximum atomic E-state index is 12.2. The molecule has 20 heavy (non-hydrogen) atoms. The van der Waals surface area contributed by atoms with Gasteiger partial charge in [0.25, 0.3) is 5.91 Å². The number of rotatable bonds is 3. The molecule has 1 heterocycles. The van der Waals surface area contributed by atoms with Crippen LogP contribution in [0.15, 0.2) is 18.3 Å². The van der Waals surface area contributed by atoms with Gasteiger partial charge in [0.05, 0.1) is 17.7 Å². The normalized spacial score (nSPS) is 22.9. The van der Waals surface area contributed by atoms with Crippen molar-refractivity contribution in [1.29, 1.82) is 0 Å². The van der Waals surface area contributed by atoms with E-state index in [9.17, 15) is 9.90 Å². The van der Waals surface area contributed by atoms with Crippen molar-refractivity contribution < 1.29 is 9.90 Å². The molecule has 0 bridgehead atoms. The van der Waals surface area contributed by atoms with Crippen LogP contribution in [0.4, 0.5) is 5.82 Å². The van der Waals surface area contributed by atoms with Crippen molar-refractivity contribution in [3.05, 3.63) is 23.9 Å². The number of aliphatic hydroxyl groups excluding tert-OH is 1. The van der Waals surface area contributed by atoms with Gasteiger partial charge in [-0.15, -0.1) is 0 Å². The van der Waals surface area contributed by atoms with Crippen molar-refractivity contribution in [3.63, 3.8) is 0 Å². The number of anilines is 1. The lowest BCUT2D eigenvalue weighted by atomic mass is 10.1. The van der Waals surface area contributed by atoms with Crippen molar-refractivity contribution in [2.24, 2.45) is 0 Å². The molecule has 0 saturated heterocycles. The van der Waals surface area contributed by atoms with Crippen LogP contribution in [0.25, 0.3) is 0 Å². The quantitative estimate of drug-likeness (QED) is 0.823. The molecule has 1 fully saturated rings. The topological polar surface area (TPSA) is 65.5 Å². The first-order chi connectivity index (χ1) is 9.58. The van der Waals surface area contributed by atoms with Crippen LogP contribution < -0.4 is 10.2 Å². The molecule has 0 aromatic carbocycles. The molecule has 1 saturated carbocycles. The van der Waals surface area contributed by atoms with E-state index in [1.54, 1.807) is 12.3 Å². The Morgan fingerprint density at radius 2 is 2.05 bits per heavy atom. The average molecular weight is 277 g/mol. The largest absolute Gasteiger partial charge is 0.391 e. The Morgan fingerprint density at radius 3 is 2.70 bits per heavy atom. The summed E-state index contributed by atoms with van der Waals surface area (Å²) in [5.41, 5.74) is 0.534. The monoisotopic (exact) mass is 277 g/mol. The molecular weight excluding hydrogens is 254 g/mol. The van der Waals surface area contributed by atoms with Gasteiger partial charge in [-0.25, -0.2) is 4.98 Å². The van der Waals surface area contributed by atoms with Crippen molar-refractivity contribution >= 4 is 11.7 Å². The SMILES string of the molecule is CN(C)c1ccc(C(=O)NC2CCCCCC2O)cn1. The molecule has 2 unspecified atom stereocenters. The molecule has 1 aromatic heterocycles. The van der Waals surface area contributed by atoms with E-state index in [0.717, 1.165) is 37.9 Å². The summed E-state index contributed by atoms with van der Waals surface area (Å²) in [5, 5.41) is 13.0. The molecule has 1 aliphatic rings. The smallest absolute Gasteiger partial charge is 0.253 e. The van der Waals surface area contributed by atoms with Gasteiger partial charge in [0.2, 0.25) is 0 Å². The third kappa shape index (κ3) is 3.70. The van der Waals surface area contributed by atoms with E-state index in [0.29, 0.717) is 5.56 Å². The molecule has 0 radical (unpaired) electrons. The third-order valence-corrected chi connectivity index (χ3v) is 3.76. The second-order valence-corrected chi connectivity index (χ2v) is 5.58. The molecular formula is C15H23N3O2. The number of carbonyl (C=O) groups is 1. The molecule has 0 aliphatic heterocycles. The first-order valence-corrected chi connectivity index (χ1v) is 7.20. The Bertz CT molecular complexity index is 445. The number of hydrogen-bond donors (Lipinski definition) is 2. The van der Waals surface area contributed by atoms with Crippen molar-refractivity contribution in [1.82, 2.24) is 10.3 Å². The van der Waals surface area contributed by atoms with Crippen LogP contribution in [-0.4, -0.2) is 42.2 Å². The Morgan fingerprint density at radius 1 is 1.30 bits per heavy atom. The van der Waals surface area contributed by atoms with Crippen LogP contribution in [0.2, 0.25) is 0 Å². The second-order valence-electron chi connectivity index (χ2n) is 5.58. The zero-order chi connectivity index (χ0) is 14.5. The van der Waals surface area contributed by atoms with Crippen LogP contribution >= 0.6 is 0 Å². The number of aromatic nitrogens is 1. The van der Waals surface area contributed by atoms with Crippen LogP contribution in [0.1, 0.15) is 42.5 Å². The molecule has 5 nitrogen and oxygen atoms in total. The van der Waals surface area contributed by atoms with E-state index in [1.807, 2.05) is 25.1 Å². The summed E-state index contributed by atoms with van der Waals surface area (Å²) in [6.07, 6.45) is 5.97. The number of nitrogens with one attached hydrogen (secondary N) is 1. The van der Waals surface area contributed by atoms with E-state index >= 15 is 0 Å². The number of hydrogen-bond acceptors (Lipinski definition) is 4. The summed E-state index contributed by atoms with van der Waals surface area (Å²) >= 11 is 0. The summed E-state index contributed by atoms with van der Waals surface area (Å²) in [4.78, 5) is 18.3. The van der Waals surface area contributed by atoms with Gasteiger partial charge in [-0.1, -0.05) is 19.3 Å². The fraction of sp³-hybridized carbons (Fsp3) is 0.600. The number of amides is 1. The first kappa shape index (κ1) is 14.8. The molecule has 1 aliphatic carbocycles. The summed E-state index contributed by atoms with van der Waals surface area (Å²) in [6.45, 7) is 0. The summed E-state index contributed by atoms with van der Waals surface area (Å²) in [6, 6.07) is 3.44. The molecule has 5 heteroatoms. The third-order valence-electron chi connectivity index (χ3n) is 3.76. The highest BCUT2D eigenvalue weighted by molar-refractivity contribution is 5.94. The average Bonchev–Trinajstić information content (AvgIpc) is 2.64. The van der Waals surface area contributed by atoms with Crippen molar-refractivity contribution in [2.45, 2.75) is 44.2 Å². The minimum Gasteiger partial charge on any atom is -0.391 e. The minimum absolute atomic E-state index is 0.140. The molecule has 2 N–H and O–H groups in total. The van der Waals surface area contributed by atoms with Gasteiger partial charge >= 0.3 is 0 Å². The van der Waals surface area contributed by atoms with E-state index in [2.05, 4.69) is 10.3 Å². The standard InChI is InChI=1S/C15H23N3O2/c1-18(2)14-9-8-11(10-16-14)15(20)17-12-6-4-3-5-7-13(12)19/h8-10,12-13,19H,3-7H2,1-2H3,(H,17,20). The van der Waals surface area contributed by atoms with Crippen LogP contribution in [0, 0.1) is 0 Å². The molecule has 1 amide bonds. The fourth-order valence-electron chi connectivity index (χ4n) is 2.49. The fourth-order valence-corrected chi connectivity index (χ4v) is 2.49. The van der Waals surface area contributed by atoms with Crippen LogP contribution in [-0.2, 0) is 0 Å². The Kier molecular flexibility index (Phi) is 4.95. The maximum absolute atomic E-state index is 12.2. The van der Waals surface area contributed by atoms with Gasteiger partial charge in [0.15, 0.2) is 0 Å². The van der Waals surface area contributed by atoms with E-state index < -0.39 is 6.10 Å². The second kappa shape index (κ2) is 6.70. The molecule has 110 valence electrons. The lowest BCUT2D eigenvalue weighted by molar-refractivity contribution is 0.0818. The lowest BCUT2D eigenvalue weighted by Crippen LogP contribution is -2.42. The first-order valence-electron chi connectivity index (χ1n) is 7.20. The molecule has 1 aromatic rings. The number of aliphatic hydroxyl groups is 1. The van der Waals surface area contributed by atoms with Crippen molar-refractivity contribution in [3.8, 4) is 0 Å². The van der Waals surface area contributed by atoms with E-state index in [-0.39, 0.29) is 11.9 Å². The number of carbonyl (C=O) groups excluding carboxylic acids is 1. The van der Waals surface area contributed by atoms with Gasteiger partial charge < -0.3 is 15.3 Å². The van der Waals surface area contributed by atoms with E-state index in [1.165, 1.54) is 0 Å². The zero-order valence-electron chi connectivity index (χ0n) is 12.2. The predicted molar refractivity (Wildman–Crippen MR) is 78.9 cm³/mol. The van der Waals surface area contributed by atoms with Gasteiger partial charge in [0, 0.05) is 20.3 Å². The molecule has 2 rings (SSSR count). The summed E-state index contributed by atoms with van der Waals surface area (Å²) < 4.78 is 0. The predicted octanol–water partition coefficient (Wildman–Crippen LogP) is 1.57. The molecule has 0 spiro atoms. The minimum atomic E-state index is -0.435. The number of pyridine rings is 1. The van der Waals surface area contributed by atoms with E-state index in [4.69, 9.17) is 0 Å². The van der Waals surface area contributed by atoms with Gasteiger partial charge in [-0.2, -0.15) is 0 Å². The van der Waals surface area contributed by atoms with Crippen molar-refractivity contribution in [2.75, 3.05) is 19.0 Å². The lowest BCUT2D eigenvalue weighted by Gasteiger charge is -2.21. The van der Waals surface area contributed by atoms with Gasteiger partial charge in [0.1, 0.15) is 5.82 Å². The van der Waals surface area contributed by atoms with Crippen LogP contribution in [0.3, 0.4) is 0 Å². The summed E-state index contributed by atoms with van der Waals surface area (Å²) in [5.74, 6) is 0.657. The Hall–Kier alpha value is -1.62.